The van der Waals surface area contributed by atoms with Gasteiger partial charge in [0, 0.05) is 35.8 Å². The Morgan fingerprint density at radius 3 is 2.24 bits per heavy atom. The van der Waals surface area contributed by atoms with E-state index in [1.807, 2.05) is 64.2 Å². The van der Waals surface area contributed by atoms with Crippen LogP contribution >= 0.6 is 0 Å². The number of para-hydroxylation sites is 1. The normalized spacial score (nSPS) is 16.0. The molecule has 0 spiro atoms. The van der Waals surface area contributed by atoms with E-state index in [2.05, 4.69) is 41.4 Å². The third-order valence-corrected chi connectivity index (χ3v) is 5.32. The van der Waals surface area contributed by atoms with E-state index < -0.39 is 6.23 Å². The van der Waals surface area contributed by atoms with Gasteiger partial charge in [0.1, 0.15) is 0 Å². The largest absolute Gasteiger partial charge is 0.368 e. The quantitative estimate of drug-likeness (QED) is 0.562. The van der Waals surface area contributed by atoms with Crippen LogP contribution in [0.15, 0.2) is 104 Å². The van der Waals surface area contributed by atoms with Crippen LogP contribution in [0, 0.1) is 0 Å². The van der Waals surface area contributed by atoms with Crippen LogP contribution in [0.5, 0.6) is 0 Å². The first-order valence-corrected chi connectivity index (χ1v) is 9.69. The van der Waals surface area contributed by atoms with Crippen LogP contribution in [-0.2, 0) is 6.54 Å². The molecule has 1 N–H and O–H groups in total. The lowest BCUT2D eigenvalue weighted by Gasteiger charge is -2.39. The molecule has 1 aliphatic rings. The van der Waals surface area contributed by atoms with Crippen molar-refractivity contribution in [3.63, 3.8) is 0 Å². The first-order valence-electron chi connectivity index (χ1n) is 9.69. The van der Waals surface area contributed by atoms with Gasteiger partial charge in [-0.1, -0.05) is 78.9 Å². The van der Waals surface area contributed by atoms with Crippen LogP contribution in [0.2, 0.25) is 0 Å². The average molecular weight is 379 g/mol. The van der Waals surface area contributed by atoms with Crippen LogP contribution < -0.4 is 4.90 Å². The van der Waals surface area contributed by atoms with E-state index >= 15 is 0 Å². The van der Waals surface area contributed by atoms with Crippen LogP contribution in [0.1, 0.15) is 16.7 Å². The highest BCUT2D eigenvalue weighted by molar-refractivity contribution is 6.01. The van der Waals surface area contributed by atoms with E-state index in [0.29, 0.717) is 6.54 Å². The molecule has 29 heavy (non-hydrogen) atoms. The molecule has 1 aromatic heterocycles. The first-order chi connectivity index (χ1) is 14.3. The fraction of sp³-hybridized carbons (Fsp3) is 0.0800. The monoisotopic (exact) mass is 379 g/mol. The molecule has 2 heterocycles. The molecule has 142 valence electrons. The van der Waals surface area contributed by atoms with Crippen molar-refractivity contribution in [2.24, 2.45) is 0 Å². The highest BCUT2D eigenvalue weighted by Gasteiger charge is 2.33. The second-order valence-electron chi connectivity index (χ2n) is 7.10. The zero-order valence-electron chi connectivity index (χ0n) is 15.9. The number of fused-ring (bicyclic) bond motifs is 1. The van der Waals surface area contributed by atoms with E-state index in [1.165, 1.54) is 0 Å². The maximum absolute atomic E-state index is 11.6. The minimum atomic E-state index is -0.811. The standard InChI is InChI=1S/C25H21N3O/c29-25-24(27-16-15-26-18-27)23(20-11-5-2-6-12-20)21-13-7-8-14-22(21)28(25)17-19-9-3-1-4-10-19/h1-16,18,25,29H,17H2. The number of hydrogen-bond donors (Lipinski definition) is 1. The predicted molar refractivity (Wildman–Crippen MR) is 116 cm³/mol. The fourth-order valence-electron chi connectivity index (χ4n) is 4.01. The Morgan fingerprint density at radius 2 is 1.52 bits per heavy atom. The van der Waals surface area contributed by atoms with Gasteiger partial charge >= 0.3 is 0 Å². The lowest BCUT2D eigenvalue weighted by molar-refractivity contribution is 0.217. The van der Waals surface area contributed by atoms with Gasteiger partial charge in [0.2, 0.25) is 0 Å². The molecule has 0 saturated heterocycles. The molecule has 3 aromatic carbocycles. The van der Waals surface area contributed by atoms with Crippen molar-refractivity contribution in [1.82, 2.24) is 9.55 Å². The van der Waals surface area contributed by atoms with E-state index in [0.717, 1.165) is 33.6 Å². The summed E-state index contributed by atoms with van der Waals surface area (Å²) in [5.74, 6) is 0. The van der Waals surface area contributed by atoms with Crippen molar-refractivity contribution in [2.45, 2.75) is 12.8 Å². The number of imidazole rings is 1. The van der Waals surface area contributed by atoms with Gasteiger partial charge in [-0.15, -0.1) is 0 Å². The summed E-state index contributed by atoms with van der Waals surface area (Å²) < 4.78 is 1.92. The lowest BCUT2D eigenvalue weighted by atomic mass is 9.90. The SMILES string of the molecule is OC1C(n2ccnc2)=C(c2ccccc2)c2ccccc2N1Cc1ccccc1. The maximum Gasteiger partial charge on any atom is 0.169 e. The van der Waals surface area contributed by atoms with Crippen LogP contribution in [0.25, 0.3) is 11.3 Å². The van der Waals surface area contributed by atoms with Crippen molar-refractivity contribution >= 4 is 17.0 Å². The Balaban J connectivity index is 1.74. The van der Waals surface area contributed by atoms with E-state index in [1.54, 1.807) is 12.5 Å². The number of aromatic nitrogens is 2. The second kappa shape index (κ2) is 7.41. The molecule has 1 atom stereocenters. The summed E-state index contributed by atoms with van der Waals surface area (Å²) in [5, 5.41) is 11.6. The third kappa shape index (κ3) is 3.13. The van der Waals surface area contributed by atoms with Crippen molar-refractivity contribution in [1.29, 1.82) is 0 Å². The molecule has 4 nitrogen and oxygen atoms in total. The zero-order chi connectivity index (χ0) is 19.6. The van der Waals surface area contributed by atoms with Gasteiger partial charge in [-0.25, -0.2) is 4.98 Å². The maximum atomic E-state index is 11.6. The summed E-state index contributed by atoms with van der Waals surface area (Å²) in [6, 6.07) is 28.7. The highest BCUT2D eigenvalue weighted by atomic mass is 16.3. The van der Waals surface area contributed by atoms with Crippen LogP contribution in [0.3, 0.4) is 0 Å². The zero-order valence-corrected chi connectivity index (χ0v) is 15.9. The van der Waals surface area contributed by atoms with Crippen LogP contribution in [0.4, 0.5) is 5.69 Å². The van der Waals surface area contributed by atoms with Gasteiger partial charge in [-0.05, 0) is 17.2 Å². The van der Waals surface area contributed by atoms with Gasteiger partial charge in [0.25, 0.3) is 0 Å². The Morgan fingerprint density at radius 1 is 0.828 bits per heavy atom. The smallest absolute Gasteiger partial charge is 0.169 e. The molecule has 5 rings (SSSR count). The van der Waals surface area contributed by atoms with Gasteiger partial charge in [0.15, 0.2) is 6.23 Å². The van der Waals surface area contributed by atoms with E-state index in [9.17, 15) is 5.11 Å². The van der Waals surface area contributed by atoms with E-state index in [4.69, 9.17) is 0 Å². The molecule has 1 aliphatic heterocycles. The number of rotatable bonds is 4. The number of aliphatic hydroxyl groups excluding tert-OH is 1. The molecule has 4 heteroatoms. The molecular formula is C25H21N3O. The Labute approximate surface area is 170 Å². The molecule has 0 bridgehead atoms. The summed E-state index contributed by atoms with van der Waals surface area (Å²) in [6.07, 6.45) is 4.56. The number of aliphatic hydroxyl groups is 1. The minimum absolute atomic E-state index is 0.610. The van der Waals surface area contributed by atoms with Gasteiger partial charge < -0.3 is 14.6 Å². The number of benzene rings is 3. The summed E-state index contributed by atoms with van der Waals surface area (Å²) in [5.41, 5.74) is 6.17. The van der Waals surface area contributed by atoms with Crippen LogP contribution in [-0.4, -0.2) is 20.9 Å². The van der Waals surface area contributed by atoms with Gasteiger partial charge in [-0.3, -0.25) is 0 Å². The fourth-order valence-corrected chi connectivity index (χ4v) is 4.01. The number of hydrogen-bond acceptors (Lipinski definition) is 3. The summed E-state index contributed by atoms with van der Waals surface area (Å²) in [4.78, 5) is 6.27. The molecule has 0 saturated carbocycles. The molecule has 1 unspecified atom stereocenters. The van der Waals surface area contributed by atoms with Crippen molar-refractivity contribution in [3.05, 3.63) is 120 Å². The van der Waals surface area contributed by atoms with Crippen molar-refractivity contribution in [3.8, 4) is 0 Å². The third-order valence-electron chi connectivity index (χ3n) is 5.32. The topological polar surface area (TPSA) is 41.3 Å². The number of anilines is 1. The minimum Gasteiger partial charge on any atom is -0.368 e. The molecule has 0 amide bonds. The highest BCUT2D eigenvalue weighted by Crippen LogP contribution is 2.43. The van der Waals surface area contributed by atoms with Gasteiger partial charge in [0.05, 0.1) is 12.0 Å². The molecule has 0 aliphatic carbocycles. The number of nitrogens with zero attached hydrogens (tertiary/aromatic N) is 3. The van der Waals surface area contributed by atoms with E-state index in [-0.39, 0.29) is 0 Å². The van der Waals surface area contributed by atoms with Crippen molar-refractivity contribution < 1.29 is 5.11 Å². The summed E-state index contributed by atoms with van der Waals surface area (Å²) >= 11 is 0. The Kier molecular flexibility index (Phi) is 4.47. The first kappa shape index (κ1) is 17.5. The molecule has 0 radical (unpaired) electrons. The summed E-state index contributed by atoms with van der Waals surface area (Å²) in [6.45, 7) is 0.610. The predicted octanol–water partition coefficient (Wildman–Crippen LogP) is 4.64. The lowest BCUT2D eigenvalue weighted by Crippen LogP contribution is -2.40. The second-order valence-corrected chi connectivity index (χ2v) is 7.10. The molecule has 4 aromatic rings. The van der Waals surface area contributed by atoms with Gasteiger partial charge in [-0.2, -0.15) is 0 Å². The molecule has 0 fully saturated rings. The van der Waals surface area contributed by atoms with Crippen molar-refractivity contribution in [2.75, 3.05) is 4.90 Å². The Hall–Kier alpha value is -3.63. The average Bonchev–Trinajstić information content (AvgIpc) is 3.31. The Bertz CT molecular complexity index is 1140. The summed E-state index contributed by atoms with van der Waals surface area (Å²) in [7, 11) is 0. The molecular weight excluding hydrogens is 358 g/mol.